The van der Waals surface area contributed by atoms with Crippen LogP contribution >= 0.6 is 11.6 Å². The van der Waals surface area contributed by atoms with Crippen LogP contribution in [0.5, 0.6) is 5.75 Å². The standard InChI is InChI=1S/C27H32ClFN2O3/c1-19-16-22(8-9-23(19)28)34-18-26(17-24(30)32)12-14-31(15-13-26)25(33)27(10-2-3-11-27)20-4-6-21(29)7-5-20/h4-9,16H,2-3,10-15,17-18H2,1H3,(H2,30,32). The number of carbonyl (C=O) groups is 2. The number of nitrogens with zero attached hydrogens (tertiary/aromatic N) is 1. The molecule has 0 bridgehead atoms. The fraction of sp³-hybridized carbons (Fsp3) is 0.481. The summed E-state index contributed by atoms with van der Waals surface area (Å²) < 4.78 is 19.6. The van der Waals surface area contributed by atoms with Gasteiger partial charge in [-0.1, -0.05) is 36.6 Å². The molecule has 2 aliphatic rings. The number of benzene rings is 2. The highest BCUT2D eigenvalue weighted by atomic mass is 35.5. The maximum atomic E-state index is 13.8. The number of likely N-dealkylation sites (tertiary alicyclic amines) is 1. The summed E-state index contributed by atoms with van der Waals surface area (Å²) in [5, 5.41) is 0.674. The van der Waals surface area contributed by atoms with Crippen LogP contribution < -0.4 is 10.5 Å². The molecule has 2 aromatic carbocycles. The summed E-state index contributed by atoms with van der Waals surface area (Å²) in [5.41, 5.74) is 6.41. The third-order valence-corrected chi connectivity index (χ3v) is 8.02. The van der Waals surface area contributed by atoms with Gasteiger partial charge in [0.05, 0.1) is 12.0 Å². The highest BCUT2D eigenvalue weighted by molar-refractivity contribution is 6.31. The predicted molar refractivity (Wildman–Crippen MR) is 130 cm³/mol. The van der Waals surface area contributed by atoms with E-state index in [4.69, 9.17) is 22.1 Å². The van der Waals surface area contributed by atoms with E-state index in [9.17, 15) is 14.0 Å². The quantitative estimate of drug-likeness (QED) is 0.587. The number of primary amides is 1. The number of piperidine rings is 1. The lowest BCUT2D eigenvalue weighted by Crippen LogP contribution is -2.52. The van der Waals surface area contributed by atoms with Crippen molar-refractivity contribution in [3.8, 4) is 5.75 Å². The van der Waals surface area contributed by atoms with Crippen molar-refractivity contribution in [3.63, 3.8) is 0 Å². The van der Waals surface area contributed by atoms with Gasteiger partial charge in [-0.15, -0.1) is 0 Å². The molecule has 1 saturated carbocycles. The van der Waals surface area contributed by atoms with Gasteiger partial charge in [0.2, 0.25) is 11.8 Å². The molecular formula is C27H32ClFN2O3. The Kier molecular flexibility index (Phi) is 7.17. The van der Waals surface area contributed by atoms with Crippen molar-refractivity contribution in [3.05, 3.63) is 64.4 Å². The monoisotopic (exact) mass is 486 g/mol. The highest BCUT2D eigenvalue weighted by Gasteiger charge is 2.47. The Morgan fingerprint density at radius 1 is 1.06 bits per heavy atom. The topological polar surface area (TPSA) is 72.6 Å². The number of hydrogen-bond donors (Lipinski definition) is 1. The van der Waals surface area contributed by atoms with Crippen molar-refractivity contribution in [1.29, 1.82) is 0 Å². The van der Waals surface area contributed by atoms with Crippen LogP contribution in [0.15, 0.2) is 42.5 Å². The largest absolute Gasteiger partial charge is 0.493 e. The van der Waals surface area contributed by atoms with E-state index in [1.54, 1.807) is 18.2 Å². The summed E-state index contributed by atoms with van der Waals surface area (Å²) >= 11 is 6.12. The van der Waals surface area contributed by atoms with Crippen LogP contribution in [-0.4, -0.2) is 36.4 Å². The fourth-order valence-corrected chi connectivity index (χ4v) is 5.66. The number of nitrogens with two attached hydrogens (primary N) is 1. The first-order chi connectivity index (χ1) is 16.2. The lowest BCUT2D eigenvalue weighted by atomic mass is 9.73. The minimum atomic E-state index is -0.589. The minimum Gasteiger partial charge on any atom is -0.493 e. The Morgan fingerprint density at radius 2 is 1.71 bits per heavy atom. The summed E-state index contributed by atoms with van der Waals surface area (Å²) in [6.45, 7) is 3.34. The van der Waals surface area contributed by atoms with Gasteiger partial charge in [0.15, 0.2) is 0 Å². The van der Waals surface area contributed by atoms with E-state index < -0.39 is 10.8 Å². The first-order valence-corrected chi connectivity index (χ1v) is 12.3. The Morgan fingerprint density at radius 3 is 2.29 bits per heavy atom. The van der Waals surface area contributed by atoms with Gasteiger partial charge in [0.1, 0.15) is 11.6 Å². The molecular weight excluding hydrogens is 455 g/mol. The van der Waals surface area contributed by atoms with E-state index in [0.717, 1.165) is 36.8 Å². The Bertz CT molecular complexity index is 1040. The molecule has 1 saturated heterocycles. The van der Waals surface area contributed by atoms with Gasteiger partial charge < -0.3 is 15.4 Å². The molecule has 2 aromatic rings. The molecule has 1 aliphatic heterocycles. The number of ether oxygens (including phenoxy) is 1. The van der Waals surface area contributed by atoms with Gasteiger partial charge >= 0.3 is 0 Å². The number of hydrogen-bond acceptors (Lipinski definition) is 3. The predicted octanol–water partition coefficient (Wildman–Crippen LogP) is 5.16. The molecule has 0 atom stereocenters. The summed E-state index contributed by atoms with van der Waals surface area (Å²) in [6, 6.07) is 11.9. The van der Waals surface area contributed by atoms with Crippen molar-refractivity contribution in [2.24, 2.45) is 11.1 Å². The molecule has 0 spiro atoms. The number of carbonyl (C=O) groups excluding carboxylic acids is 2. The SMILES string of the molecule is Cc1cc(OCC2(CC(N)=O)CCN(C(=O)C3(c4ccc(F)cc4)CCCC3)CC2)ccc1Cl. The lowest BCUT2D eigenvalue weighted by molar-refractivity contribution is -0.140. The van der Waals surface area contributed by atoms with Crippen LogP contribution in [0.2, 0.25) is 5.02 Å². The van der Waals surface area contributed by atoms with Gasteiger partial charge in [-0.2, -0.15) is 0 Å². The van der Waals surface area contributed by atoms with Crippen molar-refractivity contribution in [1.82, 2.24) is 4.90 Å². The molecule has 2 amide bonds. The van der Waals surface area contributed by atoms with E-state index >= 15 is 0 Å². The van der Waals surface area contributed by atoms with Gasteiger partial charge in [-0.3, -0.25) is 9.59 Å². The average molecular weight is 487 g/mol. The molecule has 2 fully saturated rings. The smallest absolute Gasteiger partial charge is 0.233 e. The fourth-order valence-electron chi connectivity index (χ4n) is 5.55. The van der Waals surface area contributed by atoms with Crippen molar-refractivity contribution < 1.29 is 18.7 Å². The third-order valence-electron chi connectivity index (χ3n) is 7.60. The van der Waals surface area contributed by atoms with Crippen molar-refractivity contribution in [2.75, 3.05) is 19.7 Å². The van der Waals surface area contributed by atoms with E-state index in [2.05, 4.69) is 0 Å². The zero-order valence-electron chi connectivity index (χ0n) is 19.6. The normalized spacial score (nSPS) is 19.1. The van der Waals surface area contributed by atoms with Gasteiger partial charge in [-0.25, -0.2) is 4.39 Å². The molecule has 1 aliphatic carbocycles. The zero-order chi connectivity index (χ0) is 24.3. The highest BCUT2D eigenvalue weighted by Crippen LogP contribution is 2.44. The second-order valence-corrected chi connectivity index (χ2v) is 10.3. The first kappa shape index (κ1) is 24.5. The molecule has 5 nitrogen and oxygen atoms in total. The van der Waals surface area contributed by atoms with Crippen LogP contribution in [0.25, 0.3) is 0 Å². The van der Waals surface area contributed by atoms with Crippen molar-refractivity contribution in [2.45, 2.75) is 57.3 Å². The van der Waals surface area contributed by atoms with E-state index in [0.29, 0.717) is 43.3 Å². The lowest BCUT2D eigenvalue weighted by Gasteiger charge is -2.44. The molecule has 2 N–H and O–H groups in total. The van der Waals surface area contributed by atoms with Crippen LogP contribution in [0.1, 0.15) is 56.1 Å². The Hall–Kier alpha value is -2.60. The zero-order valence-corrected chi connectivity index (χ0v) is 20.4. The van der Waals surface area contributed by atoms with Crippen LogP contribution in [-0.2, 0) is 15.0 Å². The maximum absolute atomic E-state index is 13.8. The van der Waals surface area contributed by atoms with Crippen LogP contribution in [0.3, 0.4) is 0 Å². The maximum Gasteiger partial charge on any atom is 0.233 e. The molecule has 0 radical (unpaired) electrons. The second kappa shape index (κ2) is 9.95. The summed E-state index contributed by atoms with van der Waals surface area (Å²) in [6.07, 6.45) is 5.00. The second-order valence-electron chi connectivity index (χ2n) is 9.93. The molecule has 0 unspecified atom stereocenters. The molecule has 0 aromatic heterocycles. The minimum absolute atomic E-state index is 0.110. The number of rotatable bonds is 7. The van der Waals surface area contributed by atoms with Gasteiger partial charge in [0, 0.05) is 29.9 Å². The van der Waals surface area contributed by atoms with E-state index in [-0.39, 0.29) is 24.1 Å². The van der Waals surface area contributed by atoms with Crippen molar-refractivity contribution >= 4 is 23.4 Å². The van der Waals surface area contributed by atoms with Crippen LogP contribution in [0, 0.1) is 18.2 Å². The Labute approximate surface area is 205 Å². The molecule has 4 rings (SSSR count). The first-order valence-electron chi connectivity index (χ1n) is 12.0. The van der Waals surface area contributed by atoms with Gasteiger partial charge in [0.25, 0.3) is 0 Å². The van der Waals surface area contributed by atoms with E-state index in [1.165, 1.54) is 12.1 Å². The summed E-state index contributed by atoms with van der Waals surface area (Å²) in [4.78, 5) is 27.6. The number of halogens is 2. The third kappa shape index (κ3) is 5.07. The average Bonchev–Trinajstić information content (AvgIpc) is 3.31. The summed E-state index contributed by atoms with van der Waals surface area (Å²) in [5.74, 6) is 0.146. The Balaban J connectivity index is 1.47. The van der Waals surface area contributed by atoms with Crippen LogP contribution in [0.4, 0.5) is 4.39 Å². The van der Waals surface area contributed by atoms with Gasteiger partial charge in [-0.05, 0) is 74.1 Å². The molecule has 34 heavy (non-hydrogen) atoms. The number of aryl methyl sites for hydroxylation is 1. The molecule has 7 heteroatoms. The number of amides is 2. The summed E-state index contributed by atoms with van der Waals surface area (Å²) in [7, 11) is 0. The van der Waals surface area contributed by atoms with E-state index in [1.807, 2.05) is 24.0 Å². The molecule has 182 valence electrons. The molecule has 1 heterocycles.